The van der Waals surface area contributed by atoms with Crippen LogP contribution in [0.15, 0.2) is 36.5 Å². The van der Waals surface area contributed by atoms with Gasteiger partial charge in [-0.05, 0) is 37.3 Å². The molecular weight excluding hydrogens is 392 g/mol. The van der Waals surface area contributed by atoms with E-state index in [1.54, 1.807) is 35.8 Å². The summed E-state index contributed by atoms with van der Waals surface area (Å²) in [5.41, 5.74) is 2.78. The van der Waals surface area contributed by atoms with E-state index in [0.29, 0.717) is 33.5 Å². The summed E-state index contributed by atoms with van der Waals surface area (Å²) < 4.78 is 27.9. The Hall–Kier alpha value is -2.59. The second-order valence-electron chi connectivity index (χ2n) is 5.45. The van der Waals surface area contributed by atoms with Gasteiger partial charge in [0.05, 0.1) is 33.6 Å². The Morgan fingerprint density at radius 2 is 2.04 bits per heavy atom. The number of alkyl halides is 3. The molecule has 0 radical (unpaired) electrons. The molecule has 0 amide bonds. The molecule has 0 atom stereocenters. The monoisotopic (exact) mass is 403 g/mol. The average molecular weight is 404 g/mol. The van der Waals surface area contributed by atoms with Crippen LogP contribution in [-0.4, -0.2) is 20.7 Å². The molecule has 0 bridgehead atoms. The molecule has 2 heterocycles. The minimum absolute atomic E-state index is 0.110. The summed E-state index contributed by atoms with van der Waals surface area (Å²) in [6, 6.07) is 10.1. The zero-order chi connectivity index (χ0) is 18.1. The van der Waals surface area contributed by atoms with E-state index in [1.165, 1.54) is 6.07 Å². The lowest BCUT2D eigenvalue weighted by Crippen LogP contribution is -2.04. The molecule has 0 saturated heterocycles. The predicted octanol–water partition coefficient (Wildman–Crippen LogP) is 4.72. The van der Waals surface area contributed by atoms with Crippen LogP contribution in [0.5, 0.6) is 0 Å². The van der Waals surface area contributed by atoms with Crippen LogP contribution in [0.1, 0.15) is 33.6 Å². The van der Waals surface area contributed by atoms with Crippen LogP contribution in [0.3, 0.4) is 0 Å². The lowest BCUT2D eigenvalue weighted by atomic mass is 10.1. The SMILES string of the molecule is Cc1c(C(=O)CBr)c2ncc(C(F)F)cc2n1-c1ccc(C#N)cc1. The molecule has 3 rings (SSSR count). The molecule has 0 unspecified atom stereocenters. The summed E-state index contributed by atoms with van der Waals surface area (Å²) in [6.07, 6.45) is -1.56. The molecule has 0 fully saturated rings. The number of carbonyl (C=O) groups excluding carboxylic acids is 1. The maximum absolute atomic E-state index is 13.1. The van der Waals surface area contributed by atoms with Crippen molar-refractivity contribution in [1.29, 1.82) is 5.26 Å². The molecule has 0 aliphatic rings. The highest BCUT2D eigenvalue weighted by Gasteiger charge is 2.22. The van der Waals surface area contributed by atoms with Gasteiger partial charge in [-0.2, -0.15) is 5.26 Å². The molecule has 0 saturated carbocycles. The van der Waals surface area contributed by atoms with E-state index >= 15 is 0 Å². The van der Waals surface area contributed by atoms with Gasteiger partial charge < -0.3 is 4.57 Å². The zero-order valence-corrected chi connectivity index (χ0v) is 14.7. The maximum atomic E-state index is 13.1. The van der Waals surface area contributed by atoms with E-state index in [4.69, 9.17) is 5.26 Å². The van der Waals surface area contributed by atoms with E-state index in [0.717, 1.165) is 6.20 Å². The first-order chi connectivity index (χ1) is 12.0. The third-order valence-corrected chi connectivity index (χ3v) is 4.48. The average Bonchev–Trinajstić information content (AvgIpc) is 2.92. The number of carbonyl (C=O) groups is 1. The van der Waals surface area contributed by atoms with Gasteiger partial charge >= 0.3 is 0 Å². The minimum Gasteiger partial charge on any atom is -0.312 e. The Morgan fingerprint density at radius 3 is 2.60 bits per heavy atom. The number of benzene rings is 1. The number of fused-ring (bicyclic) bond motifs is 1. The molecule has 25 heavy (non-hydrogen) atoms. The van der Waals surface area contributed by atoms with Crippen LogP contribution >= 0.6 is 15.9 Å². The molecule has 1 aromatic carbocycles. The van der Waals surface area contributed by atoms with Crippen molar-refractivity contribution >= 4 is 32.7 Å². The Kier molecular flexibility index (Phi) is 4.64. The molecule has 0 aliphatic carbocycles. The van der Waals surface area contributed by atoms with Crippen LogP contribution < -0.4 is 0 Å². The topological polar surface area (TPSA) is 58.7 Å². The summed E-state index contributed by atoms with van der Waals surface area (Å²) >= 11 is 3.15. The normalized spacial score (nSPS) is 11.0. The van der Waals surface area contributed by atoms with Crippen molar-refractivity contribution in [2.75, 3.05) is 5.33 Å². The highest BCUT2D eigenvalue weighted by atomic mass is 79.9. The van der Waals surface area contributed by atoms with Gasteiger partial charge in [-0.3, -0.25) is 9.78 Å². The van der Waals surface area contributed by atoms with E-state index in [9.17, 15) is 13.6 Å². The fourth-order valence-corrected chi connectivity index (χ4v) is 3.11. The number of hydrogen-bond acceptors (Lipinski definition) is 3. The quantitative estimate of drug-likeness (QED) is 0.467. The van der Waals surface area contributed by atoms with Crippen molar-refractivity contribution < 1.29 is 13.6 Å². The second kappa shape index (κ2) is 6.73. The van der Waals surface area contributed by atoms with Gasteiger partial charge in [-0.1, -0.05) is 15.9 Å². The molecular formula is C18H12BrF2N3O. The predicted molar refractivity (Wildman–Crippen MR) is 93.6 cm³/mol. The van der Waals surface area contributed by atoms with Crippen LogP contribution in [0, 0.1) is 18.3 Å². The summed E-state index contributed by atoms with van der Waals surface area (Å²) in [5, 5.41) is 9.04. The van der Waals surface area contributed by atoms with E-state index < -0.39 is 6.43 Å². The summed E-state index contributed by atoms with van der Waals surface area (Å²) in [6.45, 7) is 1.75. The summed E-state index contributed by atoms with van der Waals surface area (Å²) in [5.74, 6) is -0.174. The fourth-order valence-electron chi connectivity index (χ4n) is 2.83. The van der Waals surface area contributed by atoms with Crippen molar-refractivity contribution in [3.05, 3.63) is 58.9 Å². The van der Waals surface area contributed by atoms with Crippen LogP contribution in [0.25, 0.3) is 16.7 Å². The fraction of sp³-hybridized carbons (Fsp3) is 0.167. The molecule has 4 nitrogen and oxygen atoms in total. The number of hydrogen-bond donors (Lipinski definition) is 0. The van der Waals surface area contributed by atoms with E-state index in [1.807, 2.05) is 6.07 Å². The third-order valence-electron chi connectivity index (χ3n) is 3.97. The molecule has 0 N–H and O–H groups in total. The number of nitriles is 1. The lowest BCUT2D eigenvalue weighted by molar-refractivity contribution is 0.102. The van der Waals surface area contributed by atoms with E-state index in [-0.39, 0.29) is 16.7 Å². The maximum Gasteiger partial charge on any atom is 0.265 e. The number of halogens is 3. The Bertz CT molecular complexity index is 1000. The van der Waals surface area contributed by atoms with Crippen molar-refractivity contribution in [2.45, 2.75) is 13.3 Å². The lowest BCUT2D eigenvalue weighted by Gasteiger charge is -2.09. The number of aromatic nitrogens is 2. The number of nitrogens with zero attached hydrogens (tertiary/aromatic N) is 3. The highest BCUT2D eigenvalue weighted by Crippen LogP contribution is 2.31. The van der Waals surface area contributed by atoms with Gasteiger partial charge in [-0.15, -0.1) is 0 Å². The molecule has 2 aromatic heterocycles. The second-order valence-corrected chi connectivity index (χ2v) is 6.01. The van der Waals surface area contributed by atoms with Crippen LogP contribution in [0.4, 0.5) is 8.78 Å². The van der Waals surface area contributed by atoms with E-state index in [2.05, 4.69) is 20.9 Å². The van der Waals surface area contributed by atoms with Gasteiger partial charge in [-0.25, -0.2) is 8.78 Å². The first kappa shape index (κ1) is 17.2. The largest absolute Gasteiger partial charge is 0.312 e. The first-order valence-electron chi connectivity index (χ1n) is 7.36. The summed E-state index contributed by atoms with van der Waals surface area (Å²) in [7, 11) is 0. The van der Waals surface area contributed by atoms with Crippen molar-refractivity contribution in [1.82, 2.24) is 9.55 Å². The molecule has 7 heteroatoms. The van der Waals surface area contributed by atoms with Crippen molar-refractivity contribution in [3.63, 3.8) is 0 Å². The number of rotatable bonds is 4. The first-order valence-corrected chi connectivity index (χ1v) is 8.49. The highest BCUT2D eigenvalue weighted by molar-refractivity contribution is 9.09. The molecule has 0 aliphatic heterocycles. The van der Waals surface area contributed by atoms with Crippen molar-refractivity contribution in [2.24, 2.45) is 0 Å². The van der Waals surface area contributed by atoms with Gasteiger partial charge in [0.2, 0.25) is 0 Å². The van der Waals surface area contributed by atoms with Gasteiger partial charge in [0.1, 0.15) is 0 Å². The number of pyridine rings is 1. The Morgan fingerprint density at radius 1 is 1.36 bits per heavy atom. The van der Waals surface area contributed by atoms with Gasteiger partial charge in [0.15, 0.2) is 5.78 Å². The Labute approximate surface area is 150 Å². The molecule has 3 aromatic rings. The molecule has 126 valence electrons. The van der Waals surface area contributed by atoms with Gasteiger partial charge in [0, 0.05) is 23.1 Å². The number of ketones is 1. The smallest absolute Gasteiger partial charge is 0.265 e. The minimum atomic E-state index is -2.66. The number of Topliss-reactive ketones (excluding diaryl/α,β-unsaturated/α-hetero) is 1. The molecule has 0 spiro atoms. The zero-order valence-electron chi connectivity index (χ0n) is 13.1. The van der Waals surface area contributed by atoms with Crippen molar-refractivity contribution in [3.8, 4) is 11.8 Å². The Balaban J connectivity index is 2.35. The standard InChI is InChI=1S/C18H12BrF2N3O/c1-10-16(15(25)7-19)17-14(6-12(9-23-17)18(20)21)24(10)13-4-2-11(8-22)3-5-13/h2-6,9,18H,7H2,1H3. The summed E-state index contributed by atoms with van der Waals surface area (Å²) in [4.78, 5) is 16.4. The van der Waals surface area contributed by atoms with Crippen LogP contribution in [-0.2, 0) is 0 Å². The van der Waals surface area contributed by atoms with Gasteiger partial charge in [0.25, 0.3) is 6.43 Å². The van der Waals surface area contributed by atoms with Crippen LogP contribution in [0.2, 0.25) is 0 Å². The third kappa shape index (κ3) is 2.94.